The van der Waals surface area contributed by atoms with Crippen LogP contribution in [0.3, 0.4) is 0 Å². The van der Waals surface area contributed by atoms with Crippen LogP contribution in [-0.2, 0) is 0 Å². The summed E-state index contributed by atoms with van der Waals surface area (Å²) in [7, 11) is 0. The summed E-state index contributed by atoms with van der Waals surface area (Å²) in [6.45, 7) is 2.48. The van der Waals surface area contributed by atoms with Crippen LogP contribution in [0, 0.1) is 6.92 Å². The number of carbonyl (C=O) groups is 1. The number of halogens is 1. The van der Waals surface area contributed by atoms with Gasteiger partial charge in [-0.1, -0.05) is 11.6 Å². The molecular formula is C20H18ClN5O2. The molecule has 0 spiro atoms. The summed E-state index contributed by atoms with van der Waals surface area (Å²) in [5, 5.41) is 0.631. The van der Waals surface area contributed by atoms with E-state index in [1.165, 1.54) is 6.20 Å². The highest BCUT2D eigenvalue weighted by atomic mass is 35.5. The molecule has 0 saturated carbocycles. The fraction of sp³-hybridized carbons (Fsp3) is 0.250. The lowest BCUT2D eigenvalue weighted by Crippen LogP contribution is -2.31. The molecule has 0 N–H and O–H groups in total. The molecule has 0 radical (unpaired) electrons. The summed E-state index contributed by atoms with van der Waals surface area (Å²) in [6, 6.07) is 6.84. The standard InChI is InChI=1S/C20H18ClN5O2/c1-13-9-24-17(11-23-13)20(27)26-8-2-3-18(26)16-10-22-12-19(25-16)28-15-6-4-14(21)5-7-15/h4-7,9-12,18H,2-3,8H2,1H3. The monoisotopic (exact) mass is 395 g/mol. The van der Waals surface area contributed by atoms with Gasteiger partial charge in [-0.3, -0.25) is 14.8 Å². The van der Waals surface area contributed by atoms with Gasteiger partial charge in [0.15, 0.2) is 0 Å². The molecule has 7 nitrogen and oxygen atoms in total. The number of nitrogens with zero attached hydrogens (tertiary/aromatic N) is 5. The van der Waals surface area contributed by atoms with Crippen LogP contribution in [0.1, 0.15) is 40.8 Å². The first-order valence-corrected chi connectivity index (χ1v) is 9.33. The molecular weight excluding hydrogens is 378 g/mol. The van der Waals surface area contributed by atoms with E-state index in [0.717, 1.165) is 18.5 Å². The second-order valence-electron chi connectivity index (χ2n) is 6.54. The highest BCUT2D eigenvalue weighted by Crippen LogP contribution is 2.32. The van der Waals surface area contributed by atoms with E-state index in [1.807, 2.05) is 6.92 Å². The van der Waals surface area contributed by atoms with Gasteiger partial charge in [-0.25, -0.2) is 9.97 Å². The van der Waals surface area contributed by atoms with Crippen molar-refractivity contribution in [3.05, 3.63) is 71.2 Å². The van der Waals surface area contributed by atoms with Gasteiger partial charge in [-0.05, 0) is 44.0 Å². The molecule has 1 atom stereocenters. The summed E-state index contributed by atoms with van der Waals surface area (Å²) in [4.78, 5) is 31.8. The first kappa shape index (κ1) is 18.3. The first-order valence-electron chi connectivity index (χ1n) is 8.95. The van der Waals surface area contributed by atoms with Gasteiger partial charge in [0.1, 0.15) is 11.4 Å². The van der Waals surface area contributed by atoms with Crippen molar-refractivity contribution in [1.29, 1.82) is 0 Å². The maximum Gasteiger partial charge on any atom is 0.274 e. The number of ether oxygens (including phenoxy) is 1. The van der Waals surface area contributed by atoms with E-state index in [0.29, 0.717) is 34.6 Å². The van der Waals surface area contributed by atoms with Crippen LogP contribution in [0.4, 0.5) is 0 Å². The number of likely N-dealkylation sites (tertiary alicyclic amines) is 1. The lowest BCUT2D eigenvalue weighted by Gasteiger charge is -2.23. The number of amides is 1. The number of hydrogen-bond donors (Lipinski definition) is 0. The number of carbonyl (C=O) groups excluding carboxylic acids is 1. The van der Waals surface area contributed by atoms with Gasteiger partial charge < -0.3 is 9.64 Å². The maximum atomic E-state index is 12.9. The lowest BCUT2D eigenvalue weighted by molar-refractivity contribution is 0.0725. The number of aryl methyl sites for hydroxylation is 1. The minimum atomic E-state index is -0.170. The normalized spacial score (nSPS) is 16.2. The topological polar surface area (TPSA) is 81.1 Å². The van der Waals surface area contributed by atoms with Crippen LogP contribution in [0.5, 0.6) is 11.6 Å². The SMILES string of the molecule is Cc1cnc(C(=O)N2CCCC2c2cncc(Oc3ccc(Cl)cc3)n2)cn1. The molecule has 2 aromatic heterocycles. The highest BCUT2D eigenvalue weighted by molar-refractivity contribution is 6.30. The molecule has 4 rings (SSSR count). The molecule has 3 aromatic rings. The summed E-state index contributed by atoms with van der Waals surface area (Å²) in [5.41, 5.74) is 1.80. The smallest absolute Gasteiger partial charge is 0.274 e. The number of aromatic nitrogens is 4. The Morgan fingerprint density at radius 1 is 1.14 bits per heavy atom. The van der Waals surface area contributed by atoms with Crippen molar-refractivity contribution in [2.45, 2.75) is 25.8 Å². The minimum Gasteiger partial charge on any atom is -0.437 e. The van der Waals surface area contributed by atoms with Crippen molar-refractivity contribution in [2.75, 3.05) is 6.54 Å². The van der Waals surface area contributed by atoms with Crippen LogP contribution in [-0.4, -0.2) is 37.3 Å². The van der Waals surface area contributed by atoms with Crippen LogP contribution in [0.15, 0.2) is 49.1 Å². The van der Waals surface area contributed by atoms with Crippen molar-refractivity contribution >= 4 is 17.5 Å². The molecule has 1 amide bonds. The third kappa shape index (κ3) is 3.94. The Balaban J connectivity index is 1.55. The lowest BCUT2D eigenvalue weighted by atomic mass is 10.1. The Hall–Kier alpha value is -3.06. The third-order valence-corrected chi connectivity index (χ3v) is 4.77. The van der Waals surface area contributed by atoms with Gasteiger partial charge >= 0.3 is 0 Å². The quantitative estimate of drug-likeness (QED) is 0.664. The summed E-state index contributed by atoms with van der Waals surface area (Å²) >= 11 is 5.90. The van der Waals surface area contributed by atoms with Crippen LogP contribution < -0.4 is 4.74 Å². The van der Waals surface area contributed by atoms with E-state index in [-0.39, 0.29) is 11.9 Å². The molecule has 1 saturated heterocycles. The molecule has 3 heterocycles. The largest absolute Gasteiger partial charge is 0.437 e. The van der Waals surface area contributed by atoms with Crippen molar-refractivity contribution in [1.82, 2.24) is 24.8 Å². The minimum absolute atomic E-state index is 0.152. The molecule has 28 heavy (non-hydrogen) atoms. The summed E-state index contributed by atoms with van der Waals surface area (Å²) in [5.74, 6) is 0.834. The molecule has 0 aliphatic carbocycles. The van der Waals surface area contributed by atoms with Gasteiger partial charge in [-0.2, -0.15) is 0 Å². The molecule has 0 bridgehead atoms. The van der Waals surface area contributed by atoms with Crippen molar-refractivity contribution < 1.29 is 9.53 Å². The molecule has 1 unspecified atom stereocenters. The summed E-state index contributed by atoms with van der Waals surface area (Å²) in [6.07, 6.45) is 8.03. The highest BCUT2D eigenvalue weighted by Gasteiger charge is 2.32. The average Bonchev–Trinajstić information content (AvgIpc) is 3.20. The average molecular weight is 396 g/mol. The van der Waals surface area contributed by atoms with Gasteiger partial charge in [0.25, 0.3) is 5.91 Å². The predicted molar refractivity (Wildman–Crippen MR) is 103 cm³/mol. The van der Waals surface area contributed by atoms with Gasteiger partial charge in [0.05, 0.1) is 36.0 Å². The zero-order chi connectivity index (χ0) is 19.5. The molecule has 8 heteroatoms. The van der Waals surface area contributed by atoms with E-state index in [1.54, 1.807) is 47.8 Å². The van der Waals surface area contributed by atoms with Crippen LogP contribution in [0.25, 0.3) is 0 Å². The number of hydrogen-bond acceptors (Lipinski definition) is 6. The van der Waals surface area contributed by atoms with Crippen LogP contribution >= 0.6 is 11.6 Å². The van der Waals surface area contributed by atoms with E-state index in [2.05, 4.69) is 19.9 Å². The predicted octanol–water partition coefficient (Wildman–Crippen LogP) is 4.00. The Bertz CT molecular complexity index is 979. The Labute approximate surface area is 167 Å². The fourth-order valence-electron chi connectivity index (χ4n) is 3.16. The van der Waals surface area contributed by atoms with Gasteiger partial charge in [0, 0.05) is 17.8 Å². The fourth-order valence-corrected chi connectivity index (χ4v) is 3.29. The van der Waals surface area contributed by atoms with Crippen LogP contribution in [0.2, 0.25) is 5.02 Å². The van der Waals surface area contributed by atoms with Crippen molar-refractivity contribution in [2.24, 2.45) is 0 Å². The molecule has 142 valence electrons. The first-order chi connectivity index (χ1) is 13.6. The van der Waals surface area contributed by atoms with E-state index in [9.17, 15) is 4.79 Å². The Kier molecular flexibility index (Phi) is 5.16. The maximum absolute atomic E-state index is 12.9. The second kappa shape index (κ2) is 7.90. The van der Waals surface area contributed by atoms with Crippen molar-refractivity contribution in [3.8, 4) is 11.6 Å². The Morgan fingerprint density at radius 2 is 1.96 bits per heavy atom. The van der Waals surface area contributed by atoms with Gasteiger partial charge in [-0.15, -0.1) is 0 Å². The summed E-state index contributed by atoms with van der Waals surface area (Å²) < 4.78 is 5.77. The zero-order valence-electron chi connectivity index (χ0n) is 15.2. The number of benzene rings is 1. The van der Waals surface area contributed by atoms with E-state index < -0.39 is 0 Å². The Morgan fingerprint density at radius 3 is 2.71 bits per heavy atom. The molecule has 1 aromatic carbocycles. The van der Waals surface area contributed by atoms with Gasteiger partial charge in [0.2, 0.25) is 5.88 Å². The second-order valence-corrected chi connectivity index (χ2v) is 6.97. The third-order valence-electron chi connectivity index (χ3n) is 4.52. The zero-order valence-corrected chi connectivity index (χ0v) is 16.0. The molecule has 1 fully saturated rings. The number of rotatable bonds is 4. The van der Waals surface area contributed by atoms with Crippen molar-refractivity contribution in [3.63, 3.8) is 0 Å². The van der Waals surface area contributed by atoms with E-state index >= 15 is 0 Å². The molecule has 1 aliphatic rings. The van der Waals surface area contributed by atoms with E-state index in [4.69, 9.17) is 16.3 Å². The molecule has 1 aliphatic heterocycles.